The van der Waals surface area contributed by atoms with Gasteiger partial charge < -0.3 is 0 Å². The summed E-state index contributed by atoms with van der Waals surface area (Å²) in [5.41, 5.74) is 4.99. The molecule has 0 N–H and O–H groups in total. The van der Waals surface area contributed by atoms with Gasteiger partial charge in [-0.1, -0.05) is 60.1 Å². The lowest BCUT2D eigenvalue weighted by molar-refractivity contribution is 0.0972. The molecular formula is C24H24ClN3O. The van der Waals surface area contributed by atoms with Crippen molar-refractivity contribution in [1.82, 2.24) is 14.9 Å². The van der Waals surface area contributed by atoms with Crippen LogP contribution in [0.4, 0.5) is 0 Å². The van der Waals surface area contributed by atoms with E-state index in [1.807, 2.05) is 30.3 Å². The van der Waals surface area contributed by atoms with Crippen LogP contribution in [0.2, 0.25) is 5.02 Å². The minimum Gasteiger partial charge on any atom is -0.293 e. The van der Waals surface area contributed by atoms with Gasteiger partial charge in [0.2, 0.25) is 0 Å². The second-order valence-corrected chi connectivity index (χ2v) is 7.87. The highest BCUT2D eigenvalue weighted by Gasteiger charge is 2.23. The highest BCUT2D eigenvalue weighted by molar-refractivity contribution is 6.31. The van der Waals surface area contributed by atoms with Crippen molar-refractivity contribution in [2.75, 3.05) is 6.54 Å². The number of aryl methyl sites for hydroxylation is 1. The second-order valence-electron chi connectivity index (χ2n) is 7.46. The Bertz CT molecular complexity index is 990. The van der Waals surface area contributed by atoms with Crippen molar-refractivity contribution in [2.24, 2.45) is 0 Å². The molecule has 3 aromatic rings. The quantitative estimate of drug-likeness (QED) is 0.525. The molecule has 29 heavy (non-hydrogen) atoms. The largest absolute Gasteiger partial charge is 0.293 e. The molecule has 4 nitrogen and oxygen atoms in total. The van der Waals surface area contributed by atoms with E-state index in [9.17, 15) is 4.79 Å². The minimum absolute atomic E-state index is 0.104. The number of carbonyl (C=O) groups excluding carboxylic acids is 1. The summed E-state index contributed by atoms with van der Waals surface area (Å²) >= 11 is 6.21. The first-order valence-corrected chi connectivity index (χ1v) is 10.4. The summed E-state index contributed by atoms with van der Waals surface area (Å²) in [6.45, 7) is 2.56. The van der Waals surface area contributed by atoms with Gasteiger partial charge in [-0.3, -0.25) is 9.69 Å². The lowest BCUT2D eigenvalue weighted by Crippen LogP contribution is -2.32. The van der Waals surface area contributed by atoms with E-state index < -0.39 is 0 Å². The van der Waals surface area contributed by atoms with Crippen molar-refractivity contribution in [3.05, 3.63) is 94.0 Å². The van der Waals surface area contributed by atoms with Crippen LogP contribution in [0, 0.1) is 0 Å². The topological polar surface area (TPSA) is 46.1 Å². The lowest BCUT2D eigenvalue weighted by atomic mass is 9.97. The molecule has 1 aliphatic heterocycles. The van der Waals surface area contributed by atoms with Crippen LogP contribution in [0.15, 0.2) is 60.9 Å². The highest BCUT2D eigenvalue weighted by atomic mass is 35.5. The van der Waals surface area contributed by atoms with Crippen molar-refractivity contribution in [3.63, 3.8) is 0 Å². The first kappa shape index (κ1) is 19.7. The Hall–Kier alpha value is -2.56. The van der Waals surface area contributed by atoms with E-state index >= 15 is 0 Å². The molecule has 0 unspecified atom stereocenters. The molecule has 0 saturated heterocycles. The normalized spacial score (nSPS) is 13.8. The van der Waals surface area contributed by atoms with Crippen molar-refractivity contribution >= 4 is 17.4 Å². The van der Waals surface area contributed by atoms with Gasteiger partial charge in [-0.2, -0.15) is 0 Å². The number of fused-ring (bicyclic) bond motifs is 1. The van der Waals surface area contributed by atoms with Crippen LogP contribution in [0.1, 0.15) is 45.7 Å². The van der Waals surface area contributed by atoms with Gasteiger partial charge in [0.15, 0.2) is 5.78 Å². The molecule has 1 aliphatic rings. The number of nitrogens with zero attached hydrogens (tertiary/aromatic N) is 3. The highest BCUT2D eigenvalue weighted by Crippen LogP contribution is 2.23. The predicted molar refractivity (Wildman–Crippen MR) is 115 cm³/mol. The summed E-state index contributed by atoms with van der Waals surface area (Å²) in [4.78, 5) is 24.0. The molecule has 2 heterocycles. The molecule has 0 atom stereocenters. The van der Waals surface area contributed by atoms with Gasteiger partial charge >= 0.3 is 0 Å². The predicted octanol–water partition coefficient (Wildman–Crippen LogP) is 4.89. The lowest BCUT2D eigenvalue weighted by Gasteiger charge is -2.28. The molecule has 0 bridgehead atoms. The molecule has 5 heteroatoms. The summed E-state index contributed by atoms with van der Waals surface area (Å²) in [6, 6.07) is 18.3. The molecule has 0 saturated carbocycles. The van der Waals surface area contributed by atoms with E-state index in [1.54, 1.807) is 0 Å². The van der Waals surface area contributed by atoms with Crippen molar-refractivity contribution in [1.29, 1.82) is 0 Å². The van der Waals surface area contributed by atoms with E-state index in [2.05, 4.69) is 39.1 Å². The Morgan fingerprint density at radius 1 is 1.03 bits per heavy atom. The van der Waals surface area contributed by atoms with Crippen molar-refractivity contribution in [2.45, 2.75) is 38.8 Å². The summed E-state index contributed by atoms with van der Waals surface area (Å²) in [6.07, 6.45) is 4.38. The molecule has 4 rings (SSSR count). The Kier molecular flexibility index (Phi) is 6.33. The average Bonchev–Trinajstić information content (AvgIpc) is 2.75. The van der Waals surface area contributed by atoms with Crippen molar-refractivity contribution in [3.8, 4) is 0 Å². The zero-order valence-electron chi connectivity index (χ0n) is 16.4. The number of ketones is 1. The maximum Gasteiger partial charge on any atom is 0.181 e. The van der Waals surface area contributed by atoms with Gasteiger partial charge in [-0.25, -0.2) is 9.97 Å². The zero-order chi connectivity index (χ0) is 20.1. The van der Waals surface area contributed by atoms with E-state index in [0.717, 1.165) is 60.7 Å². The number of halogens is 1. The third kappa shape index (κ3) is 4.89. The maximum absolute atomic E-state index is 12.8. The Morgan fingerprint density at radius 3 is 2.66 bits per heavy atom. The zero-order valence-corrected chi connectivity index (χ0v) is 17.1. The molecule has 0 amide bonds. The van der Waals surface area contributed by atoms with Gasteiger partial charge in [0, 0.05) is 36.6 Å². The fourth-order valence-corrected chi connectivity index (χ4v) is 4.11. The van der Waals surface area contributed by atoms with Gasteiger partial charge in [-0.15, -0.1) is 0 Å². The second kappa shape index (κ2) is 9.29. The van der Waals surface area contributed by atoms with Gasteiger partial charge in [0.05, 0.1) is 5.69 Å². The van der Waals surface area contributed by atoms with Gasteiger partial charge in [-0.05, 0) is 36.5 Å². The molecule has 0 aliphatic carbocycles. The third-order valence-electron chi connectivity index (χ3n) is 5.41. The van der Waals surface area contributed by atoms with E-state index in [1.165, 1.54) is 11.9 Å². The van der Waals surface area contributed by atoms with E-state index in [0.29, 0.717) is 12.1 Å². The Balaban J connectivity index is 1.39. The number of hydrogen-bond donors (Lipinski definition) is 0. The first-order chi connectivity index (χ1) is 14.2. The number of carbonyl (C=O) groups is 1. The summed E-state index contributed by atoms with van der Waals surface area (Å²) in [5, 5.41) is 0.762. The molecule has 0 spiro atoms. The standard InChI is InChI=1S/C24H24ClN3O/c25-21-11-5-4-9-19(21)10-6-12-23(29)24-20-13-14-28(16-22(20)26-17-27-24)15-18-7-2-1-3-8-18/h1-5,7-9,11,17H,6,10,12-16H2. The van der Waals surface area contributed by atoms with E-state index in [-0.39, 0.29) is 5.78 Å². The molecule has 1 aromatic heterocycles. The fraction of sp³-hybridized carbons (Fsp3) is 0.292. The van der Waals surface area contributed by atoms with Crippen LogP contribution in [0.5, 0.6) is 0 Å². The van der Waals surface area contributed by atoms with Crippen LogP contribution in [-0.4, -0.2) is 27.2 Å². The number of benzene rings is 2. The van der Waals surface area contributed by atoms with Crippen LogP contribution in [-0.2, 0) is 25.9 Å². The Labute approximate surface area is 176 Å². The average molecular weight is 406 g/mol. The molecular weight excluding hydrogens is 382 g/mol. The third-order valence-corrected chi connectivity index (χ3v) is 5.78. The summed E-state index contributed by atoms with van der Waals surface area (Å²) in [5.74, 6) is 0.104. The minimum atomic E-state index is 0.104. The summed E-state index contributed by atoms with van der Waals surface area (Å²) in [7, 11) is 0. The smallest absolute Gasteiger partial charge is 0.181 e. The number of Topliss-reactive ketones (excluding diaryl/α,β-unsaturated/α-hetero) is 1. The van der Waals surface area contributed by atoms with Crippen molar-refractivity contribution < 1.29 is 4.79 Å². The summed E-state index contributed by atoms with van der Waals surface area (Å²) < 4.78 is 0. The van der Waals surface area contributed by atoms with E-state index in [4.69, 9.17) is 11.6 Å². The van der Waals surface area contributed by atoms with Crippen LogP contribution < -0.4 is 0 Å². The number of hydrogen-bond acceptors (Lipinski definition) is 4. The monoisotopic (exact) mass is 405 g/mol. The van der Waals surface area contributed by atoms with Crippen LogP contribution in [0.3, 0.4) is 0 Å². The Morgan fingerprint density at radius 2 is 1.83 bits per heavy atom. The van der Waals surface area contributed by atoms with Gasteiger partial charge in [0.25, 0.3) is 0 Å². The van der Waals surface area contributed by atoms with Gasteiger partial charge in [0.1, 0.15) is 12.0 Å². The molecule has 148 valence electrons. The molecule has 2 aromatic carbocycles. The number of rotatable bonds is 7. The molecule has 0 fully saturated rings. The van der Waals surface area contributed by atoms with Crippen LogP contribution in [0.25, 0.3) is 0 Å². The van der Waals surface area contributed by atoms with Crippen LogP contribution >= 0.6 is 11.6 Å². The fourth-order valence-electron chi connectivity index (χ4n) is 3.88. The SMILES string of the molecule is O=C(CCCc1ccccc1Cl)c1ncnc2c1CCN(Cc1ccccc1)C2. The maximum atomic E-state index is 12.8. The first-order valence-electron chi connectivity index (χ1n) is 10.1. The number of aromatic nitrogens is 2. The molecule has 0 radical (unpaired) electrons.